The number of amides is 1. The molecule has 0 bridgehead atoms. The van der Waals surface area contributed by atoms with Gasteiger partial charge in [-0.3, -0.25) is 9.78 Å². The average Bonchev–Trinajstić information content (AvgIpc) is 3.28. The van der Waals surface area contributed by atoms with Gasteiger partial charge in [-0.15, -0.1) is 0 Å². The molecule has 1 amide bonds. The number of aromatic nitrogens is 2. The van der Waals surface area contributed by atoms with E-state index in [0.29, 0.717) is 17.9 Å². The standard InChI is InChI=1S/C31H42N4O/c1-20(2)28-25-19-24(9-10-26(25)34-29(28)23-13-16-33-21(3)18-23)31(4,5)30(36)35-17-7-6-8-27(35)22-11-14-32-15-12-22/h9-10,13,16,18-20,22,27,32,34H,6-8,11-12,14-15,17H2,1-5H3. The SMILES string of the molecule is Cc1cc(-c2[nH]c3ccc(C(C)(C)C(=O)N4CCCCC4C4CCNCC4)cc3c2C(C)C)ccn1. The van der Waals surface area contributed by atoms with E-state index in [1.54, 1.807) is 0 Å². The minimum Gasteiger partial charge on any atom is -0.354 e. The summed E-state index contributed by atoms with van der Waals surface area (Å²) in [6, 6.07) is 11.2. The molecule has 0 spiro atoms. The van der Waals surface area contributed by atoms with Crippen molar-refractivity contribution in [3.63, 3.8) is 0 Å². The van der Waals surface area contributed by atoms with Gasteiger partial charge in [0.1, 0.15) is 0 Å². The molecule has 0 radical (unpaired) electrons. The maximum atomic E-state index is 14.2. The molecule has 5 rings (SSSR count). The number of pyridine rings is 1. The zero-order valence-electron chi connectivity index (χ0n) is 22.7. The first-order valence-electron chi connectivity index (χ1n) is 13.9. The molecule has 4 heterocycles. The Bertz CT molecular complexity index is 1230. The van der Waals surface area contributed by atoms with Crippen molar-refractivity contribution in [1.29, 1.82) is 0 Å². The van der Waals surface area contributed by atoms with Crippen molar-refractivity contribution in [1.82, 2.24) is 20.2 Å². The Balaban J connectivity index is 1.51. The van der Waals surface area contributed by atoms with Gasteiger partial charge in [0.05, 0.1) is 11.1 Å². The highest BCUT2D eigenvalue weighted by Gasteiger charge is 2.40. The van der Waals surface area contributed by atoms with E-state index in [4.69, 9.17) is 0 Å². The van der Waals surface area contributed by atoms with E-state index >= 15 is 0 Å². The number of nitrogens with zero attached hydrogens (tertiary/aromatic N) is 2. The maximum absolute atomic E-state index is 14.2. The van der Waals surface area contributed by atoms with Gasteiger partial charge in [0, 0.05) is 40.9 Å². The summed E-state index contributed by atoms with van der Waals surface area (Å²) >= 11 is 0. The first kappa shape index (κ1) is 25.0. The maximum Gasteiger partial charge on any atom is 0.232 e. The number of benzene rings is 1. The van der Waals surface area contributed by atoms with Gasteiger partial charge in [0.2, 0.25) is 5.91 Å². The molecular formula is C31H42N4O. The van der Waals surface area contributed by atoms with E-state index in [2.05, 4.69) is 78.2 Å². The molecule has 2 aliphatic heterocycles. The molecule has 2 saturated heterocycles. The zero-order valence-corrected chi connectivity index (χ0v) is 22.7. The summed E-state index contributed by atoms with van der Waals surface area (Å²) in [5.41, 5.74) is 6.31. The van der Waals surface area contributed by atoms with E-state index in [1.165, 1.54) is 30.2 Å². The summed E-state index contributed by atoms with van der Waals surface area (Å²) in [6.45, 7) is 13.8. The van der Waals surface area contributed by atoms with E-state index < -0.39 is 5.41 Å². The third-order valence-corrected chi connectivity index (χ3v) is 8.60. The van der Waals surface area contributed by atoms with Gasteiger partial charge in [0.25, 0.3) is 0 Å². The second-order valence-electron chi connectivity index (χ2n) is 11.8. The lowest BCUT2D eigenvalue weighted by Crippen LogP contribution is -2.54. The van der Waals surface area contributed by atoms with Crippen molar-refractivity contribution < 1.29 is 4.79 Å². The van der Waals surface area contributed by atoms with Crippen LogP contribution in [-0.4, -0.2) is 46.5 Å². The predicted octanol–water partition coefficient (Wildman–Crippen LogP) is 6.32. The van der Waals surface area contributed by atoms with Crippen LogP contribution in [0.1, 0.15) is 82.5 Å². The number of piperidine rings is 2. The topological polar surface area (TPSA) is 61.0 Å². The van der Waals surface area contributed by atoms with Crippen LogP contribution in [0.5, 0.6) is 0 Å². The smallest absolute Gasteiger partial charge is 0.232 e. The normalized spacial score (nSPS) is 19.8. The number of likely N-dealkylation sites (tertiary alicyclic amines) is 1. The number of carbonyl (C=O) groups is 1. The Hall–Kier alpha value is -2.66. The molecule has 2 fully saturated rings. The number of hydrogen-bond donors (Lipinski definition) is 2. The monoisotopic (exact) mass is 486 g/mol. The van der Waals surface area contributed by atoms with Crippen LogP contribution in [0.2, 0.25) is 0 Å². The van der Waals surface area contributed by atoms with Crippen molar-refractivity contribution in [2.75, 3.05) is 19.6 Å². The first-order valence-corrected chi connectivity index (χ1v) is 13.9. The summed E-state index contributed by atoms with van der Waals surface area (Å²) < 4.78 is 0. The molecule has 36 heavy (non-hydrogen) atoms. The van der Waals surface area contributed by atoms with Crippen LogP contribution in [0.3, 0.4) is 0 Å². The highest BCUT2D eigenvalue weighted by atomic mass is 16.2. The van der Waals surface area contributed by atoms with E-state index in [9.17, 15) is 4.79 Å². The van der Waals surface area contributed by atoms with Gasteiger partial charge < -0.3 is 15.2 Å². The van der Waals surface area contributed by atoms with Gasteiger partial charge in [-0.1, -0.05) is 19.9 Å². The fourth-order valence-electron chi connectivity index (χ4n) is 6.54. The van der Waals surface area contributed by atoms with Gasteiger partial charge in [-0.2, -0.15) is 0 Å². The number of rotatable bonds is 5. The van der Waals surface area contributed by atoms with Crippen molar-refractivity contribution in [2.45, 2.75) is 84.1 Å². The first-order chi connectivity index (χ1) is 17.3. The zero-order chi connectivity index (χ0) is 25.4. The predicted molar refractivity (Wildman–Crippen MR) is 148 cm³/mol. The van der Waals surface area contributed by atoms with Gasteiger partial charge >= 0.3 is 0 Å². The lowest BCUT2D eigenvalue weighted by Gasteiger charge is -2.45. The summed E-state index contributed by atoms with van der Waals surface area (Å²) in [5.74, 6) is 1.26. The van der Waals surface area contributed by atoms with Crippen LogP contribution in [0, 0.1) is 12.8 Å². The molecule has 5 nitrogen and oxygen atoms in total. The number of aromatic amines is 1. The van der Waals surface area contributed by atoms with Gasteiger partial charge in [0.15, 0.2) is 0 Å². The molecule has 3 aromatic rings. The van der Waals surface area contributed by atoms with E-state index in [0.717, 1.165) is 60.5 Å². The molecule has 1 aromatic carbocycles. The Morgan fingerprint density at radius 3 is 2.58 bits per heavy atom. The molecule has 2 aliphatic rings. The highest BCUT2D eigenvalue weighted by Crippen LogP contribution is 2.39. The van der Waals surface area contributed by atoms with Crippen LogP contribution < -0.4 is 5.32 Å². The Morgan fingerprint density at radius 2 is 1.86 bits per heavy atom. The number of aryl methyl sites for hydroxylation is 1. The van der Waals surface area contributed by atoms with Crippen molar-refractivity contribution in [2.24, 2.45) is 5.92 Å². The third kappa shape index (κ3) is 4.58. The van der Waals surface area contributed by atoms with Crippen LogP contribution in [0.15, 0.2) is 36.5 Å². The summed E-state index contributed by atoms with van der Waals surface area (Å²) in [6.07, 6.45) is 7.74. The number of fused-ring (bicyclic) bond motifs is 1. The summed E-state index contributed by atoms with van der Waals surface area (Å²) in [4.78, 5) is 24.5. The fraction of sp³-hybridized carbons (Fsp3) is 0.548. The number of nitrogens with one attached hydrogen (secondary N) is 2. The third-order valence-electron chi connectivity index (χ3n) is 8.60. The second-order valence-corrected chi connectivity index (χ2v) is 11.8. The van der Waals surface area contributed by atoms with Gasteiger partial charge in [-0.05, 0) is 113 Å². The molecule has 1 unspecified atom stereocenters. The molecule has 192 valence electrons. The van der Waals surface area contributed by atoms with Crippen LogP contribution in [0.25, 0.3) is 22.2 Å². The summed E-state index contributed by atoms with van der Waals surface area (Å²) in [5, 5.41) is 4.72. The number of H-pyrrole nitrogens is 1. The molecule has 1 atom stereocenters. The largest absolute Gasteiger partial charge is 0.354 e. The average molecular weight is 487 g/mol. The Kier molecular flexibility index (Phi) is 6.95. The Labute approximate surface area is 216 Å². The van der Waals surface area contributed by atoms with Crippen LogP contribution in [-0.2, 0) is 10.2 Å². The Morgan fingerprint density at radius 1 is 1.08 bits per heavy atom. The van der Waals surface area contributed by atoms with Crippen LogP contribution >= 0.6 is 0 Å². The minimum atomic E-state index is -0.574. The van der Waals surface area contributed by atoms with Crippen molar-refractivity contribution in [3.8, 4) is 11.3 Å². The molecule has 0 aliphatic carbocycles. The van der Waals surface area contributed by atoms with E-state index in [1.807, 2.05) is 13.1 Å². The lowest BCUT2D eigenvalue weighted by atomic mass is 9.78. The van der Waals surface area contributed by atoms with Crippen LogP contribution in [0.4, 0.5) is 0 Å². The molecular weight excluding hydrogens is 444 g/mol. The highest BCUT2D eigenvalue weighted by molar-refractivity contribution is 5.94. The molecule has 2 N–H and O–H groups in total. The fourth-order valence-corrected chi connectivity index (χ4v) is 6.54. The lowest BCUT2D eigenvalue weighted by molar-refractivity contribution is -0.141. The minimum absolute atomic E-state index is 0.289. The quantitative estimate of drug-likeness (QED) is 0.444. The molecule has 0 saturated carbocycles. The second kappa shape index (κ2) is 10.0. The van der Waals surface area contributed by atoms with Crippen molar-refractivity contribution >= 4 is 16.8 Å². The molecule has 5 heteroatoms. The molecule has 2 aromatic heterocycles. The van der Waals surface area contributed by atoms with E-state index in [-0.39, 0.29) is 5.91 Å². The van der Waals surface area contributed by atoms with Gasteiger partial charge in [-0.25, -0.2) is 0 Å². The van der Waals surface area contributed by atoms with Crippen molar-refractivity contribution in [3.05, 3.63) is 53.3 Å². The summed E-state index contributed by atoms with van der Waals surface area (Å²) in [7, 11) is 0. The number of hydrogen-bond acceptors (Lipinski definition) is 3. The number of carbonyl (C=O) groups excluding carboxylic acids is 1.